The SMILES string of the molecule is CCSSCCC(=O)NC1(C)C=C2CC(C)CC(C)(C2)C1. The molecule has 0 aromatic rings. The Hall–Kier alpha value is -0.0900. The van der Waals surface area contributed by atoms with Crippen LogP contribution < -0.4 is 5.32 Å². The minimum atomic E-state index is -0.137. The van der Waals surface area contributed by atoms with Gasteiger partial charge in [0.25, 0.3) is 0 Å². The van der Waals surface area contributed by atoms with Crippen molar-refractivity contribution in [1.29, 1.82) is 0 Å². The number of rotatable bonds is 6. The molecule has 3 atom stereocenters. The first-order valence-electron chi connectivity index (χ1n) is 8.10. The van der Waals surface area contributed by atoms with Gasteiger partial charge in [-0.25, -0.2) is 0 Å². The van der Waals surface area contributed by atoms with Crippen molar-refractivity contribution in [2.75, 3.05) is 11.5 Å². The molecule has 0 heterocycles. The number of fused-ring (bicyclic) bond motifs is 2. The molecule has 1 saturated carbocycles. The van der Waals surface area contributed by atoms with Crippen LogP contribution in [0.3, 0.4) is 0 Å². The minimum Gasteiger partial charge on any atom is -0.347 e. The number of carbonyl (C=O) groups excluding carboxylic acids is 1. The van der Waals surface area contributed by atoms with Gasteiger partial charge in [-0.15, -0.1) is 0 Å². The fourth-order valence-corrected chi connectivity index (χ4v) is 6.08. The third-order valence-electron chi connectivity index (χ3n) is 4.46. The summed E-state index contributed by atoms with van der Waals surface area (Å²) in [7, 11) is 3.63. The second-order valence-electron chi connectivity index (χ2n) is 7.42. The van der Waals surface area contributed by atoms with Crippen LogP contribution in [-0.4, -0.2) is 23.0 Å². The van der Waals surface area contributed by atoms with Gasteiger partial charge in [-0.3, -0.25) is 4.79 Å². The first-order chi connectivity index (χ1) is 9.84. The largest absolute Gasteiger partial charge is 0.347 e. The molecule has 0 spiro atoms. The van der Waals surface area contributed by atoms with E-state index >= 15 is 0 Å². The number of allylic oxidation sites excluding steroid dienone is 1. The molecule has 1 amide bonds. The molecule has 0 aromatic carbocycles. The van der Waals surface area contributed by atoms with Crippen LogP contribution in [0.15, 0.2) is 11.6 Å². The Balaban J connectivity index is 1.93. The molecule has 4 heteroatoms. The average molecular weight is 328 g/mol. The number of nitrogens with one attached hydrogen (secondary N) is 1. The van der Waals surface area contributed by atoms with Crippen molar-refractivity contribution in [2.45, 2.75) is 65.3 Å². The van der Waals surface area contributed by atoms with Gasteiger partial charge in [0.1, 0.15) is 0 Å². The Morgan fingerprint density at radius 3 is 2.86 bits per heavy atom. The summed E-state index contributed by atoms with van der Waals surface area (Å²) in [5.74, 6) is 3.01. The summed E-state index contributed by atoms with van der Waals surface area (Å²) in [5.41, 5.74) is 1.79. The van der Waals surface area contributed by atoms with Gasteiger partial charge in [-0.1, -0.05) is 54.0 Å². The molecule has 2 bridgehead atoms. The molecule has 2 aliphatic rings. The van der Waals surface area contributed by atoms with Crippen LogP contribution in [0.25, 0.3) is 0 Å². The summed E-state index contributed by atoms with van der Waals surface area (Å²) < 4.78 is 0. The fourth-order valence-electron chi connectivity index (χ4n) is 4.42. The van der Waals surface area contributed by atoms with Gasteiger partial charge < -0.3 is 5.32 Å². The van der Waals surface area contributed by atoms with E-state index in [1.54, 1.807) is 16.4 Å². The zero-order valence-electron chi connectivity index (χ0n) is 13.8. The summed E-state index contributed by atoms with van der Waals surface area (Å²) in [6.07, 6.45) is 7.80. The number of amides is 1. The Morgan fingerprint density at radius 1 is 1.43 bits per heavy atom. The Kier molecular flexibility index (Phi) is 5.75. The molecule has 1 fully saturated rings. The molecule has 2 aliphatic carbocycles. The third kappa shape index (κ3) is 4.95. The van der Waals surface area contributed by atoms with Crippen molar-refractivity contribution >= 4 is 27.5 Å². The summed E-state index contributed by atoms with van der Waals surface area (Å²) in [6.45, 7) is 9.10. The van der Waals surface area contributed by atoms with Crippen LogP contribution >= 0.6 is 21.6 Å². The maximum atomic E-state index is 12.2. The maximum Gasteiger partial charge on any atom is 0.221 e. The van der Waals surface area contributed by atoms with Crippen LogP contribution in [0.4, 0.5) is 0 Å². The summed E-state index contributed by atoms with van der Waals surface area (Å²) >= 11 is 0. The van der Waals surface area contributed by atoms with Gasteiger partial charge >= 0.3 is 0 Å². The molecule has 2 nitrogen and oxygen atoms in total. The van der Waals surface area contributed by atoms with Crippen LogP contribution in [0, 0.1) is 11.3 Å². The van der Waals surface area contributed by atoms with Crippen LogP contribution in [0.5, 0.6) is 0 Å². The van der Waals surface area contributed by atoms with Gasteiger partial charge in [0.15, 0.2) is 0 Å². The molecule has 1 N–H and O–H groups in total. The van der Waals surface area contributed by atoms with Crippen LogP contribution in [-0.2, 0) is 4.79 Å². The molecule has 21 heavy (non-hydrogen) atoms. The predicted octanol–water partition coefficient (Wildman–Crippen LogP) is 4.81. The van der Waals surface area contributed by atoms with Crippen LogP contribution in [0.2, 0.25) is 0 Å². The lowest BCUT2D eigenvalue weighted by molar-refractivity contribution is -0.122. The van der Waals surface area contributed by atoms with E-state index in [-0.39, 0.29) is 11.4 Å². The highest BCUT2D eigenvalue weighted by atomic mass is 33.1. The van der Waals surface area contributed by atoms with E-state index in [0.29, 0.717) is 11.8 Å². The summed E-state index contributed by atoms with van der Waals surface area (Å²) in [6, 6.07) is 0. The monoisotopic (exact) mass is 327 g/mol. The first kappa shape index (κ1) is 17.3. The molecular formula is C17H29NOS2. The molecule has 0 aliphatic heterocycles. The van der Waals surface area contributed by atoms with E-state index in [2.05, 4.69) is 39.1 Å². The number of hydrogen-bond donors (Lipinski definition) is 1. The fraction of sp³-hybridized carbons (Fsp3) is 0.824. The van der Waals surface area contributed by atoms with E-state index in [0.717, 1.165) is 23.8 Å². The molecular weight excluding hydrogens is 298 g/mol. The standard InChI is InChI=1S/C17H29NOS2/c1-5-20-21-7-6-15(19)18-17(4)11-14-8-13(2)9-16(3,10-14)12-17/h11,13H,5-10,12H2,1-4H3,(H,18,19). The van der Waals surface area contributed by atoms with Crippen molar-refractivity contribution in [3.8, 4) is 0 Å². The van der Waals surface area contributed by atoms with Crippen molar-refractivity contribution in [2.24, 2.45) is 11.3 Å². The highest BCUT2D eigenvalue weighted by Gasteiger charge is 2.43. The zero-order valence-corrected chi connectivity index (χ0v) is 15.5. The van der Waals surface area contributed by atoms with Gasteiger partial charge in [-0.05, 0) is 43.9 Å². The minimum absolute atomic E-state index is 0.137. The Labute approximate surface area is 137 Å². The second-order valence-corrected chi connectivity index (χ2v) is 10.3. The molecule has 2 rings (SSSR count). The molecule has 0 aromatic heterocycles. The van der Waals surface area contributed by atoms with Gasteiger partial charge in [-0.2, -0.15) is 0 Å². The average Bonchev–Trinajstić information content (AvgIpc) is 2.30. The lowest BCUT2D eigenvalue weighted by Crippen LogP contribution is -2.51. The molecule has 120 valence electrons. The Bertz CT molecular complexity index is 423. The van der Waals surface area contributed by atoms with Crippen molar-refractivity contribution < 1.29 is 4.79 Å². The molecule has 3 unspecified atom stereocenters. The van der Waals surface area contributed by atoms with Gasteiger partial charge in [0.2, 0.25) is 5.91 Å². The quantitative estimate of drug-likeness (QED) is 0.431. The third-order valence-corrected chi connectivity index (χ3v) is 6.94. The van der Waals surface area contributed by atoms with Gasteiger partial charge in [0.05, 0.1) is 5.54 Å². The molecule has 0 radical (unpaired) electrons. The van der Waals surface area contributed by atoms with E-state index in [1.807, 2.05) is 10.8 Å². The van der Waals surface area contributed by atoms with E-state index in [9.17, 15) is 4.79 Å². The topological polar surface area (TPSA) is 29.1 Å². The first-order valence-corrected chi connectivity index (χ1v) is 10.6. The number of carbonyl (C=O) groups is 1. The summed E-state index contributed by atoms with van der Waals surface area (Å²) in [4.78, 5) is 12.2. The highest BCUT2D eigenvalue weighted by molar-refractivity contribution is 8.76. The lowest BCUT2D eigenvalue weighted by atomic mass is 9.60. The number of hydrogen-bond acceptors (Lipinski definition) is 3. The highest BCUT2D eigenvalue weighted by Crippen LogP contribution is 2.50. The van der Waals surface area contributed by atoms with E-state index in [4.69, 9.17) is 0 Å². The summed E-state index contributed by atoms with van der Waals surface area (Å²) in [5, 5.41) is 3.30. The zero-order chi connectivity index (χ0) is 15.5. The van der Waals surface area contributed by atoms with E-state index < -0.39 is 0 Å². The predicted molar refractivity (Wildman–Crippen MR) is 95.6 cm³/mol. The normalized spacial score (nSPS) is 35.2. The van der Waals surface area contributed by atoms with E-state index in [1.165, 1.54) is 19.3 Å². The lowest BCUT2D eigenvalue weighted by Gasteiger charge is -2.48. The molecule has 0 saturated heterocycles. The van der Waals surface area contributed by atoms with Crippen molar-refractivity contribution in [3.63, 3.8) is 0 Å². The van der Waals surface area contributed by atoms with Crippen LogP contribution in [0.1, 0.15) is 59.8 Å². The second kappa shape index (κ2) is 6.99. The Morgan fingerprint density at radius 2 is 2.19 bits per heavy atom. The van der Waals surface area contributed by atoms with Crippen molar-refractivity contribution in [1.82, 2.24) is 5.32 Å². The van der Waals surface area contributed by atoms with Gasteiger partial charge in [0, 0.05) is 17.9 Å². The van der Waals surface area contributed by atoms with Crippen molar-refractivity contribution in [3.05, 3.63) is 11.6 Å². The maximum absolute atomic E-state index is 12.2. The smallest absolute Gasteiger partial charge is 0.221 e.